The first-order valence-corrected chi connectivity index (χ1v) is 12.0. The average Bonchev–Trinajstić information content (AvgIpc) is 2.67. The Hall–Kier alpha value is -2.09. The van der Waals surface area contributed by atoms with Gasteiger partial charge in [0.1, 0.15) is 0 Å². The Bertz CT molecular complexity index is 862. The van der Waals surface area contributed by atoms with Gasteiger partial charge in [-0.1, -0.05) is 91.8 Å². The topological polar surface area (TPSA) is 24.4 Å². The molecule has 0 radical (unpaired) electrons. The fraction of sp³-hybridized carbons (Fsp3) is 0.552. The Morgan fingerprint density at radius 3 is 1.39 bits per heavy atom. The largest absolute Gasteiger partial charge is 0.374 e. The predicted octanol–water partition coefficient (Wildman–Crippen LogP) is 9.16. The maximum absolute atomic E-state index is 5.27. The number of anilines is 1. The van der Waals surface area contributed by atoms with Gasteiger partial charge in [0, 0.05) is 11.4 Å². The minimum Gasteiger partial charge on any atom is -0.374 e. The molecular weight excluding hydrogens is 376 g/mol. The van der Waals surface area contributed by atoms with Gasteiger partial charge in [0.25, 0.3) is 0 Å². The standard InChI is InChI=1S/C29H44N2/c1-18(2)23-14-12-15-24(19(3)4)27(23)30-22(9)29(10,11)31-28-25(20(5)6)16-13-17-26(28)21(7)8/h12-21,31H,1-11H3. The molecule has 2 aromatic carbocycles. The van der Waals surface area contributed by atoms with Gasteiger partial charge in [0.05, 0.1) is 11.2 Å². The SMILES string of the molecule is CC(=Nc1c(C(C)C)cccc1C(C)C)C(C)(C)Nc1c(C(C)C)cccc1C(C)C. The lowest BCUT2D eigenvalue weighted by atomic mass is 9.89. The molecule has 2 nitrogen and oxygen atoms in total. The van der Waals surface area contributed by atoms with Crippen molar-refractivity contribution >= 4 is 17.1 Å². The van der Waals surface area contributed by atoms with E-state index in [1.165, 1.54) is 27.9 Å². The van der Waals surface area contributed by atoms with Gasteiger partial charge in [-0.3, -0.25) is 4.99 Å². The van der Waals surface area contributed by atoms with Crippen LogP contribution in [0.15, 0.2) is 41.4 Å². The molecule has 0 atom stereocenters. The highest BCUT2D eigenvalue weighted by atomic mass is 15.0. The first-order chi connectivity index (χ1) is 14.4. The maximum atomic E-state index is 5.27. The molecule has 0 aliphatic carbocycles. The zero-order valence-electron chi connectivity index (χ0n) is 21.7. The van der Waals surface area contributed by atoms with E-state index in [0.717, 1.165) is 11.4 Å². The number of rotatable bonds is 8. The maximum Gasteiger partial charge on any atom is 0.0699 e. The number of nitrogens with one attached hydrogen (secondary N) is 1. The van der Waals surface area contributed by atoms with Crippen molar-refractivity contribution in [3.05, 3.63) is 58.7 Å². The van der Waals surface area contributed by atoms with E-state index in [9.17, 15) is 0 Å². The van der Waals surface area contributed by atoms with E-state index in [1.807, 2.05) is 0 Å². The van der Waals surface area contributed by atoms with Gasteiger partial charge in [-0.25, -0.2) is 0 Å². The number of aliphatic imine (C=N–C) groups is 1. The summed E-state index contributed by atoms with van der Waals surface area (Å²) in [6, 6.07) is 13.3. The molecule has 0 saturated heterocycles. The lowest BCUT2D eigenvalue weighted by molar-refractivity contribution is 0.736. The lowest BCUT2D eigenvalue weighted by Gasteiger charge is -2.32. The lowest BCUT2D eigenvalue weighted by Crippen LogP contribution is -2.39. The molecule has 2 aromatic rings. The van der Waals surface area contributed by atoms with Crippen LogP contribution in [0.1, 0.15) is 122 Å². The molecule has 31 heavy (non-hydrogen) atoms. The summed E-state index contributed by atoms with van der Waals surface area (Å²) >= 11 is 0. The van der Waals surface area contributed by atoms with E-state index in [4.69, 9.17) is 4.99 Å². The molecule has 0 unspecified atom stereocenters. The average molecular weight is 421 g/mol. The summed E-state index contributed by atoms with van der Waals surface area (Å²) in [6.07, 6.45) is 0. The molecular formula is C29H44N2. The van der Waals surface area contributed by atoms with E-state index < -0.39 is 0 Å². The number of para-hydroxylation sites is 2. The highest BCUT2D eigenvalue weighted by Crippen LogP contribution is 2.37. The summed E-state index contributed by atoms with van der Waals surface area (Å²) < 4.78 is 0. The van der Waals surface area contributed by atoms with Crippen LogP contribution in [0.3, 0.4) is 0 Å². The Morgan fingerprint density at radius 2 is 1.03 bits per heavy atom. The number of hydrogen-bond acceptors (Lipinski definition) is 2. The predicted molar refractivity (Wildman–Crippen MR) is 140 cm³/mol. The molecule has 0 bridgehead atoms. The number of benzene rings is 2. The molecule has 0 amide bonds. The van der Waals surface area contributed by atoms with Crippen molar-refractivity contribution in [2.45, 2.75) is 105 Å². The summed E-state index contributed by atoms with van der Waals surface area (Å²) in [4.78, 5) is 5.27. The van der Waals surface area contributed by atoms with Gasteiger partial charge in [-0.2, -0.15) is 0 Å². The molecule has 0 spiro atoms. The fourth-order valence-electron chi connectivity index (χ4n) is 4.05. The summed E-state index contributed by atoms with van der Waals surface area (Å²) in [5.74, 6) is 1.80. The van der Waals surface area contributed by atoms with Crippen LogP contribution in [0.4, 0.5) is 11.4 Å². The molecule has 2 heteroatoms. The third-order valence-corrected chi connectivity index (χ3v) is 6.34. The van der Waals surface area contributed by atoms with Crippen LogP contribution >= 0.6 is 0 Å². The smallest absolute Gasteiger partial charge is 0.0699 e. The highest BCUT2D eigenvalue weighted by Gasteiger charge is 2.26. The van der Waals surface area contributed by atoms with Crippen LogP contribution < -0.4 is 5.32 Å². The Morgan fingerprint density at radius 1 is 0.677 bits per heavy atom. The first kappa shape index (κ1) is 25.2. The van der Waals surface area contributed by atoms with Gasteiger partial charge >= 0.3 is 0 Å². The summed E-state index contributed by atoms with van der Waals surface area (Å²) in [6.45, 7) is 24.8. The van der Waals surface area contributed by atoms with Crippen molar-refractivity contribution in [3.8, 4) is 0 Å². The van der Waals surface area contributed by atoms with Gasteiger partial charge < -0.3 is 5.32 Å². The van der Waals surface area contributed by atoms with Crippen molar-refractivity contribution in [3.63, 3.8) is 0 Å². The second-order valence-corrected chi connectivity index (χ2v) is 10.7. The van der Waals surface area contributed by atoms with Crippen LogP contribution in [0.2, 0.25) is 0 Å². The fourth-order valence-corrected chi connectivity index (χ4v) is 4.05. The second kappa shape index (κ2) is 10.0. The molecule has 0 aliphatic heterocycles. The molecule has 0 saturated carbocycles. The van der Waals surface area contributed by atoms with E-state index in [2.05, 4.69) is 118 Å². The molecule has 0 heterocycles. The molecule has 0 aromatic heterocycles. The summed E-state index contributed by atoms with van der Waals surface area (Å²) in [5, 5.41) is 3.90. The van der Waals surface area contributed by atoms with Crippen molar-refractivity contribution in [2.24, 2.45) is 4.99 Å². The van der Waals surface area contributed by atoms with Crippen molar-refractivity contribution in [1.82, 2.24) is 0 Å². The van der Waals surface area contributed by atoms with Gasteiger partial charge in [0.15, 0.2) is 0 Å². The van der Waals surface area contributed by atoms with E-state index in [1.54, 1.807) is 0 Å². The normalized spacial score (nSPS) is 13.1. The zero-order chi connectivity index (χ0) is 23.5. The van der Waals surface area contributed by atoms with Crippen LogP contribution in [0, 0.1) is 0 Å². The third kappa shape index (κ3) is 5.79. The molecule has 0 fully saturated rings. The Labute approximate surface area is 191 Å². The first-order valence-electron chi connectivity index (χ1n) is 12.0. The molecule has 170 valence electrons. The Kier molecular flexibility index (Phi) is 8.14. The minimum atomic E-state index is -0.271. The van der Waals surface area contributed by atoms with Crippen molar-refractivity contribution in [1.29, 1.82) is 0 Å². The molecule has 0 aliphatic rings. The van der Waals surface area contributed by atoms with Crippen LogP contribution in [-0.2, 0) is 0 Å². The van der Waals surface area contributed by atoms with Gasteiger partial charge in [-0.15, -0.1) is 0 Å². The van der Waals surface area contributed by atoms with Gasteiger partial charge in [0.2, 0.25) is 0 Å². The summed E-state index contributed by atoms with van der Waals surface area (Å²) in [7, 11) is 0. The monoisotopic (exact) mass is 420 g/mol. The second-order valence-electron chi connectivity index (χ2n) is 10.7. The van der Waals surface area contributed by atoms with E-state index in [0.29, 0.717) is 23.7 Å². The van der Waals surface area contributed by atoms with E-state index in [-0.39, 0.29) is 5.54 Å². The van der Waals surface area contributed by atoms with Crippen LogP contribution in [0.5, 0.6) is 0 Å². The Balaban J connectivity index is 2.58. The minimum absolute atomic E-state index is 0.271. The van der Waals surface area contributed by atoms with E-state index >= 15 is 0 Å². The zero-order valence-corrected chi connectivity index (χ0v) is 21.7. The van der Waals surface area contributed by atoms with Crippen molar-refractivity contribution in [2.75, 3.05) is 5.32 Å². The molecule has 2 rings (SSSR count). The van der Waals surface area contributed by atoms with Crippen LogP contribution in [0.25, 0.3) is 0 Å². The molecule has 1 N–H and O–H groups in total. The quantitative estimate of drug-likeness (QED) is 0.423. The number of nitrogens with zero attached hydrogens (tertiary/aromatic N) is 1. The number of hydrogen-bond donors (Lipinski definition) is 1. The summed E-state index contributed by atoms with van der Waals surface area (Å²) in [5.41, 5.74) is 8.66. The van der Waals surface area contributed by atoms with Crippen molar-refractivity contribution < 1.29 is 0 Å². The van der Waals surface area contributed by atoms with Crippen LogP contribution in [-0.4, -0.2) is 11.3 Å². The highest BCUT2D eigenvalue weighted by molar-refractivity contribution is 5.96. The van der Waals surface area contributed by atoms with Gasteiger partial charge in [-0.05, 0) is 66.7 Å². The third-order valence-electron chi connectivity index (χ3n) is 6.34.